The lowest BCUT2D eigenvalue weighted by Crippen LogP contribution is -2.67. The third-order valence-corrected chi connectivity index (χ3v) is 5.39. The van der Waals surface area contributed by atoms with Crippen LogP contribution >= 0.6 is 36.6 Å². The van der Waals surface area contributed by atoms with Crippen LogP contribution in [-0.4, -0.2) is 29.9 Å². The maximum absolute atomic E-state index is 12.4. The molecule has 1 aliphatic carbocycles. The van der Waals surface area contributed by atoms with E-state index in [1.165, 1.54) is 25.7 Å². The first kappa shape index (κ1) is 21.8. The molecule has 1 heterocycles. The van der Waals surface area contributed by atoms with E-state index in [1.54, 1.807) is 0 Å². The smallest absolute Gasteiger partial charge is 0.288 e. The van der Waals surface area contributed by atoms with Gasteiger partial charge in [-0.25, -0.2) is 0 Å². The van der Waals surface area contributed by atoms with Gasteiger partial charge in [0.1, 0.15) is 0 Å². The van der Waals surface area contributed by atoms with Crippen molar-refractivity contribution < 1.29 is 8.78 Å². The fourth-order valence-electron chi connectivity index (χ4n) is 3.85. The van der Waals surface area contributed by atoms with Gasteiger partial charge in [-0.05, 0) is 51.0 Å². The first-order valence-electron chi connectivity index (χ1n) is 8.04. The van der Waals surface area contributed by atoms with Crippen molar-refractivity contribution in [2.24, 2.45) is 0 Å². The molecule has 1 aliphatic heterocycles. The van der Waals surface area contributed by atoms with Crippen molar-refractivity contribution in [3.05, 3.63) is 24.3 Å². The standard InChI is InChI=1S/C17H24F2N2S.2ClH/c1-17(2)11-21(15-6-4-3-5-14(15)20-17)12-7-9-13(10-8-12)22-16(18)19;;/h7-10,14-16,20H,3-6,11H2,1-2H3;2*1H/t14-,15-;;/m0../s1. The highest BCUT2D eigenvalue weighted by Crippen LogP contribution is 2.35. The molecule has 2 aliphatic rings. The fourth-order valence-corrected chi connectivity index (χ4v) is 4.34. The lowest BCUT2D eigenvalue weighted by atomic mass is 9.83. The van der Waals surface area contributed by atoms with Gasteiger partial charge in [-0.15, -0.1) is 24.8 Å². The molecule has 2 atom stereocenters. The highest BCUT2D eigenvalue weighted by Gasteiger charge is 2.40. The lowest BCUT2D eigenvalue weighted by molar-refractivity contribution is 0.199. The van der Waals surface area contributed by atoms with E-state index in [0.29, 0.717) is 28.7 Å². The second-order valence-electron chi connectivity index (χ2n) is 6.99. The zero-order chi connectivity index (χ0) is 15.7. The summed E-state index contributed by atoms with van der Waals surface area (Å²) in [4.78, 5) is 3.12. The predicted molar refractivity (Wildman–Crippen MR) is 103 cm³/mol. The van der Waals surface area contributed by atoms with Crippen LogP contribution in [0.4, 0.5) is 14.5 Å². The van der Waals surface area contributed by atoms with Crippen LogP contribution in [0.5, 0.6) is 0 Å². The topological polar surface area (TPSA) is 15.3 Å². The summed E-state index contributed by atoms with van der Waals surface area (Å²) in [6.45, 7) is 5.44. The van der Waals surface area contributed by atoms with E-state index in [-0.39, 0.29) is 30.4 Å². The summed E-state index contributed by atoms with van der Waals surface area (Å²) in [7, 11) is 0. The third-order valence-electron chi connectivity index (χ3n) is 4.67. The Hall–Kier alpha value is -0.230. The summed E-state index contributed by atoms with van der Waals surface area (Å²) >= 11 is 0.612. The van der Waals surface area contributed by atoms with Crippen LogP contribution in [0.2, 0.25) is 0 Å². The summed E-state index contributed by atoms with van der Waals surface area (Å²) in [6, 6.07) is 8.69. The Balaban J connectivity index is 0.00000144. The van der Waals surface area contributed by atoms with E-state index in [9.17, 15) is 8.78 Å². The van der Waals surface area contributed by atoms with Gasteiger partial charge in [0.05, 0.1) is 0 Å². The van der Waals surface area contributed by atoms with E-state index >= 15 is 0 Å². The van der Waals surface area contributed by atoms with E-state index in [2.05, 4.69) is 24.1 Å². The molecule has 0 unspecified atom stereocenters. The number of halogens is 4. The predicted octanol–water partition coefficient (Wildman–Crippen LogP) is 5.34. The number of nitrogens with one attached hydrogen (secondary N) is 1. The number of hydrogen-bond acceptors (Lipinski definition) is 3. The van der Waals surface area contributed by atoms with Crippen molar-refractivity contribution in [1.82, 2.24) is 5.32 Å². The Morgan fingerprint density at radius 3 is 2.38 bits per heavy atom. The third kappa shape index (κ3) is 5.13. The summed E-state index contributed by atoms with van der Waals surface area (Å²) in [5.41, 5.74) is 1.24. The van der Waals surface area contributed by atoms with Gasteiger partial charge in [0.2, 0.25) is 0 Å². The molecule has 1 saturated carbocycles. The normalized spacial score (nSPS) is 25.5. The molecule has 2 nitrogen and oxygen atoms in total. The number of anilines is 1. The molecule has 0 radical (unpaired) electrons. The zero-order valence-electron chi connectivity index (χ0n) is 14.0. The van der Waals surface area contributed by atoms with Crippen LogP contribution in [0.1, 0.15) is 39.5 Å². The number of fused-ring (bicyclic) bond motifs is 1. The number of piperazine rings is 1. The van der Waals surface area contributed by atoms with Crippen molar-refractivity contribution in [2.45, 2.75) is 67.8 Å². The van der Waals surface area contributed by atoms with Gasteiger partial charge < -0.3 is 10.2 Å². The van der Waals surface area contributed by atoms with Crippen LogP contribution in [0, 0.1) is 0 Å². The molecule has 7 heteroatoms. The Labute approximate surface area is 160 Å². The van der Waals surface area contributed by atoms with E-state index < -0.39 is 5.76 Å². The first-order chi connectivity index (χ1) is 10.4. The fraction of sp³-hybridized carbons (Fsp3) is 0.647. The molecule has 1 saturated heterocycles. The molecule has 2 fully saturated rings. The molecule has 24 heavy (non-hydrogen) atoms. The second kappa shape index (κ2) is 8.93. The van der Waals surface area contributed by atoms with Crippen molar-refractivity contribution in [1.29, 1.82) is 0 Å². The number of benzene rings is 1. The summed E-state index contributed by atoms with van der Waals surface area (Å²) in [5.74, 6) is -2.35. The van der Waals surface area contributed by atoms with Crippen LogP contribution < -0.4 is 10.2 Å². The molecular formula is C17H26Cl2F2N2S. The van der Waals surface area contributed by atoms with Crippen LogP contribution in [0.25, 0.3) is 0 Å². The number of rotatable bonds is 3. The molecule has 1 aromatic carbocycles. The second-order valence-corrected chi connectivity index (χ2v) is 8.05. The summed E-state index contributed by atoms with van der Waals surface area (Å²) in [5, 5.41) is 3.79. The molecular weight excluding hydrogens is 373 g/mol. The Morgan fingerprint density at radius 1 is 1.12 bits per heavy atom. The Kier molecular flexibility index (Phi) is 8.11. The van der Waals surface area contributed by atoms with Gasteiger partial charge in [-0.1, -0.05) is 24.6 Å². The monoisotopic (exact) mass is 398 g/mol. The minimum atomic E-state index is -2.35. The summed E-state index contributed by atoms with van der Waals surface area (Å²) < 4.78 is 24.9. The molecule has 0 spiro atoms. The highest BCUT2D eigenvalue weighted by atomic mass is 35.5. The molecule has 1 aromatic rings. The Morgan fingerprint density at radius 2 is 1.75 bits per heavy atom. The van der Waals surface area contributed by atoms with Crippen molar-refractivity contribution in [3.63, 3.8) is 0 Å². The largest absolute Gasteiger partial charge is 0.365 e. The average Bonchev–Trinajstić information content (AvgIpc) is 2.45. The van der Waals surface area contributed by atoms with Gasteiger partial charge in [0.25, 0.3) is 5.76 Å². The maximum Gasteiger partial charge on any atom is 0.288 e. The number of nitrogens with zero attached hydrogens (tertiary/aromatic N) is 1. The molecule has 1 N–H and O–H groups in total. The molecule has 0 bridgehead atoms. The number of alkyl halides is 2. The number of thioether (sulfide) groups is 1. The lowest BCUT2D eigenvalue weighted by Gasteiger charge is -2.52. The zero-order valence-corrected chi connectivity index (χ0v) is 16.5. The van der Waals surface area contributed by atoms with Gasteiger partial charge in [-0.2, -0.15) is 8.78 Å². The van der Waals surface area contributed by atoms with Crippen LogP contribution in [0.15, 0.2) is 29.2 Å². The Bertz CT molecular complexity index is 514. The van der Waals surface area contributed by atoms with Gasteiger partial charge in [0.15, 0.2) is 0 Å². The van der Waals surface area contributed by atoms with Crippen LogP contribution in [0.3, 0.4) is 0 Å². The van der Waals surface area contributed by atoms with Gasteiger partial charge in [-0.3, -0.25) is 0 Å². The first-order valence-corrected chi connectivity index (χ1v) is 8.92. The van der Waals surface area contributed by atoms with E-state index in [1.807, 2.05) is 24.3 Å². The van der Waals surface area contributed by atoms with Gasteiger partial charge in [0, 0.05) is 34.8 Å². The molecule has 3 rings (SSSR count). The van der Waals surface area contributed by atoms with Crippen molar-refractivity contribution >= 4 is 42.3 Å². The van der Waals surface area contributed by atoms with E-state index in [4.69, 9.17) is 0 Å². The van der Waals surface area contributed by atoms with Crippen molar-refractivity contribution in [2.75, 3.05) is 11.4 Å². The highest BCUT2D eigenvalue weighted by molar-refractivity contribution is 7.99. The average molecular weight is 399 g/mol. The van der Waals surface area contributed by atoms with Crippen molar-refractivity contribution in [3.8, 4) is 0 Å². The van der Waals surface area contributed by atoms with Crippen LogP contribution in [-0.2, 0) is 0 Å². The quantitative estimate of drug-likeness (QED) is 0.691. The minimum Gasteiger partial charge on any atom is -0.365 e. The molecule has 0 amide bonds. The summed E-state index contributed by atoms with van der Waals surface area (Å²) in [6.07, 6.45) is 5.01. The molecule has 0 aromatic heterocycles. The van der Waals surface area contributed by atoms with Gasteiger partial charge >= 0.3 is 0 Å². The SMILES string of the molecule is CC1(C)CN(c2ccc(SC(F)F)cc2)[C@H]2CCCC[C@@H]2N1.Cl.Cl. The minimum absolute atomic E-state index is 0. The molecule has 138 valence electrons. The van der Waals surface area contributed by atoms with E-state index in [0.717, 1.165) is 12.2 Å². The number of hydrogen-bond donors (Lipinski definition) is 1. The maximum atomic E-state index is 12.4.